The number of nitrogens with one attached hydrogen (secondary N) is 2. The summed E-state index contributed by atoms with van der Waals surface area (Å²) >= 11 is 6.25. The number of hydrogen-bond donors (Lipinski definition) is 2. The van der Waals surface area contributed by atoms with Crippen molar-refractivity contribution in [3.8, 4) is 17.6 Å². The minimum atomic E-state index is -0.848. The molecule has 40 heavy (non-hydrogen) atoms. The van der Waals surface area contributed by atoms with E-state index in [4.69, 9.17) is 16.3 Å². The molecule has 0 spiro atoms. The van der Waals surface area contributed by atoms with Gasteiger partial charge in [0.1, 0.15) is 11.8 Å². The lowest BCUT2D eigenvalue weighted by Gasteiger charge is -2.38. The second-order valence-corrected chi connectivity index (χ2v) is 11.2. The first-order valence-electron chi connectivity index (χ1n) is 13.1. The number of aromatic nitrogens is 2. The summed E-state index contributed by atoms with van der Waals surface area (Å²) in [5, 5.41) is 19.4. The van der Waals surface area contributed by atoms with Gasteiger partial charge in [-0.2, -0.15) is 10.4 Å². The highest BCUT2D eigenvalue weighted by Gasteiger charge is 2.46. The Hall–Kier alpha value is -4.16. The second-order valence-electron chi connectivity index (χ2n) is 10.7. The topological polar surface area (TPSA) is 128 Å². The van der Waals surface area contributed by atoms with Gasteiger partial charge in [0.15, 0.2) is 5.75 Å². The van der Waals surface area contributed by atoms with Crippen LogP contribution in [0.3, 0.4) is 0 Å². The number of carbonyl (C=O) groups excluding carboxylic acids is 2. The molecule has 1 aromatic heterocycles. The number of nitrogens with zero attached hydrogens (tertiary/aromatic N) is 3. The number of H-pyrrole nitrogens is 1. The van der Waals surface area contributed by atoms with Crippen molar-refractivity contribution in [3.63, 3.8) is 0 Å². The Morgan fingerprint density at radius 2 is 1.93 bits per heavy atom. The molecule has 4 rings (SSSR count). The summed E-state index contributed by atoms with van der Waals surface area (Å²) in [6.45, 7) is 8.79. The van der Waals surface area contributed by atoms with E-state index in [1.165, 1.54) is 6.07 Å². The molecule has 1 saturated heterocycles. The van der Waals surface area contributed by atoms with Crippen LogP contribution < -0.4 is 15.6 Å². The zero-order valence-electron chi connectivity index (χ0n) is 23.1. The van der Waals surface area contributed by atoms with E-state index >= 15 is 0 Å². The van der Waals surface area contributed by atoms with Crippen molar-refractivity contribution in [2.24, 2.45) is 5.41 Å². The first-order chi connectivity index (χ1) is 18.9. The summed E-state index contributed by atoms with van der Waals surface area (Å²) < 4.78 is 5.75. The fourth-order valence-electron chi connectivity index (χ4n) is 5.09. The number of aromatic amines is 1. The molecule has 3 atom stereocenters. The molecule has 2 N–H and O–H groups in total. The Morgan fingerprint density at radius 1 is 1.18 bits per heavy atom. The average Bonchev–Trinajstić information content (AvgIpc) is 3.37. The van der Waals surface area contributed by atoms with Crippen molar-refractivity contribution >= 4 is 23.4 Å². The molecule has 3 aromatic rings. The number of aryl methyl sites for hydroxylation is 2. The molecule has 10 heteroatoms. The van der Waals surface area contributed by atoms with E-state index in [-0.39, 0.29) is 23.7 Å². The number of likely N-dealkylation sites (tertiary alicyclic amines) is 1. The van der Waals surface area contributed by atoms with Gasteiger partial charge in [-0.1, -0.05) is 23.7 Å². The first kappa shape index (κ1) is 28.8. The number of carbonyl (C=O) groups is 2. The lowest BCUT2D eigenvalue weighted by atomic mass is 9.84. The van der Waals surface area contributed by atoms with Crippen molar-refractivity contribution in [3.05, 3.63) is 86.3 Å². The van der Waals surface area contributed by atoms with Crippen LogP contribution in [0, 0.1) is 30.6 Å². The van der Waals surface area contributed by atoms with Crippen molar-refractivity contribution < 1.29 is 14.3 Å². The SMILES string of the molecule is Cc1cc(Oc2ccc(C(=O)NC(C)C(=O)N3[C@H](c4cccc(Cl)c4)CC[C@@H]3C(C)(C)C#N)cc2C)c(=O)[nH]n1. The van der Waals surface area contributed by atoms with Gasteiger partial charge in [0.25, 0.3) is 5.91 Å². The molecule has 2 aromatic carbocycles. The zero-order valence-corrected chi connectivity index (χ0v) is 23.9. The normalized spacial score (nSPS) is 17.7. The third-order valence-electron chi connectivity index (χ3n) is 7.27. The fourth-order valence-corrected chi connectivity index (χ4v) is 5.29. The molecule has 2 heterocycles. The Labute approximate surface area is 238 Å². The van der Waals surface area contributed by atoms with E-state index in [0.717, 1.165) is 5.56 Å². The number of rotatable bonds is 7. The number of benzene rings is 2. The van der Waals surface area contributed by atoms with Gasteiger partial charge in [-0.25, -0.2) is 5.10 Å². The minimum absolute atomic E-state index is 0.0988. The van der Waals surface area contributed by atoms with Crippen LogP contribution >= 0.6 is 11.6 Å². The lowest BCUT2D eigenvalue weighted by molar-refractivity contribution is -0.137. The number of amides is 2. The van der Waals surface area contributed by atoms with E-state index in [1.54, 1.807) is 49.9 Å². The quantitative estimate of drug-likeness (QED) is 0.406. The van der Waals surface area contributed by atoms with Gasteiger partial charge in [-0.05, 0) is 88.9 Å². The van der Waals surface area contributed by atoms with Gasteiger partial charge in [0.05, 0.1) is 29.3 Å². The number of nitriles is 1. The van der Waals surface area contributed by atoms with E-state index in [9.17, 15) is 19.6 Å². The molecule has 1 aliphatic heterocycles. The third-order valence-corrected chi connectivity index (χ3v) is 7.50. The molecular weight excluding hydrogens is 530 g/mol. The van der Waals surface area contributed by atoms with Crippen LogP contribution in [0.2, 0.25) is 5.02 Å². The molecule has 0 saturated carbocycles. The fraction of sp³-hybridized carbons (Fsp3) is 0.367. The number of hydrogen-bond acceptors (Lipinski definition) is 6. The largest absolute Gasteiger partial charge is 0.451 e. The molecule has 0 aliphatic carbocycles. The number of ether oxygens (including phenoxy) is 1. The van der Waals surface area contributed by atoms with Gasteiger partial charge < -0.3 is 15.0 Å². The van der Waals surface area contributed by atoms with E-state index in [2.05, 4.69) is 21.6 Å². The van der Waals surface area contributed by atoms with Crippen molar-refractivity contribution in [2.45, 2.75) is 65.6 Å². The van der Waals surface area contributed by atoms with Crippen LogP contribution in [0.4, 0.5) is 0 Å². The predicted molar refractivity (Wildman–Crippen MR) is 151 cm³/mol. The minimum Gasteiger partial charge on any atom is -0.451 e. The van der Waals surface area contributed by atoms with Crippen molar-refractivity contribution in [1.29, 1.82) is 5.26 Å². The maximum atomic E-state index is 13.8. The predicted octanol–water partition coefficient (Wildman–Crippen LogP) is 5.23. The lowest BCUT2D eigenvalue weighted by Crippen LogP contribution is -2.52. The van der Waals surface area contributed by atoms with Gasteiger partial charge in [-0.15, -0.1) is 0 Å². The average molecular weight is 562 g/mol. The summed E-state index contributed by atoms with van der Waals surface area (Å²) in [6.07, 6.45) is 1.34. The first-order valence-corrected chi connectivity index (χ1v) is 13.4. The standard InChI is InChI=1S/C30H32ClN5O4/c1-17-13-21(9-11-24(17)40-25-14-18(2)34-35-28(25)38)27(37)33-19(3)29(39)36-23(20-7-6-8-22(31)15-20)10-12-26(36)30(4,5)16-32/h6-9,11,13-15,19,23,26H,10,12H2,1-5H3,(H,33,37)(H,35,38)/t19?,23-,26+/m0/s1. The molecule has 9 nitrogen and oxygen atoms in total. The van der Waals surface area contributed by atoms with Crippen molar-refractivity contribution in [2.75, 3.05) is 0 Å². The molecular formula is C30H32ClN5O4. The molecule has 208 valence electrons. The summed E-state index contributed by atoms with van der Waals surface area (Å²) in [6, 6.07) is 14.6. The number of halogens is 1. The molecule has 1 unspecified atom stereocenters. The van der Waals surface area contributed by atoms with Gasteiger partial charge in [0.2, 0.25) is 5.91 Å². The summed E-state index contributed by atoms with van der Waals surface area (Å²) in [4.78, 5) is 40.8. The second kappa shape index (κ2) is 11.5. The van der Waals surface area contributed by atoms with Crippen LogP contribution in [0.1, 0.15) is 66.8 Å². The highest BCUT2D eigenvalue weighted by Crippen LogP contribution is 2.43. The Kier molecular flexibility index (Phi) is 8.31. The van der Waals surface area contributed by atoms with E-state index in [1.807, 2.05) is 32.0 Å². The van der Waals surface area contributed by atoms with Crippen molar-refractivity contribution in [1.82, 2.24) is 20.4 Å². The molecule has 1 fully saturated rings. The van der Waals surface area contributed by atoms with Crippen LogP contribution in [-0.2, 0) is 4.79 Å². The Morgan fingerprint density at radius 3 is 2.60 bits per heavy atom. The highest BCUT2D eigenvalue weighted by molar-refractivity contribution is 6.30. The van der Waals surface area contributed by atoms with Crippen LogP contribution in [-0.4, -0.2) is 39.0 Å². The van der Waals surface area contributed by atoms with Gasteiger partial charge in [-0.3, -0.25) is 14.4 Å². The molecule has 0 radical (unpaired) electrons. The maximum absolute atomic E-state index is 13.8. The zero-order chi connectivity index (χ0) is 29.2. The summed E-state index contributed by atoms with van der Waals surface area (Å²) in [7, 11) is 0. The van der Waals surface area contributed by atoms with Crippen LogP contribution in [0.25, 0.3) is 0 Å². The monoisotopic (exact) mass is 561 g/mol. The van der Waals surface area contributed by atoms with Gasteiger partial charge in [0, 0.05) is 16.7 Å². The molecule has 1 aliphatic rings. The summed E-state index contributed by atoms with van der Waals surface area (Å²) in [5.41, 5.74) is 1.22. The highest BCUT2D eigenvalue weighted by atomic mass is 35.5. The van der Waals surface area contributed by atoms with E-state index < -0.39 is 22.9 Å². The van der Waals surface area contributed by atoms with E-state index in [0.29, 0.717) is 40.4 Å². The van der Waals surface area contributed by atoms with Crippen LogP contribution in [0.5, 0.6) is 11.5 Å². The molecule has 0 bridgehead atoms. The Bertz CT molecular complexity index is 1540. The summed E-state index contributed by atoms with van der Waals surface area (Å²) in [5.74, 6) is -0.183. The van der Waals surface area contributed by atoms with Gasteiger partial charge >= 0.3 is 5.56 Å². The molecule has 2 amide bonds. The third kappa shape index (κ3) is 6.02. The van der Waals surface area contributed by atoms with Crippen LogP contribution in [0.15, 0.2) is 53.3 Å². The smallest absolute Gasteiger partial charge is 0.307 e. The maximum Gasteiger partial charge on any atom is 0.307 e. The Balaban J connectivity index is 1.53.